The fourth-order valence-corrected chi connectivity index (χ4v) is 1.93. The Morgan fingerprint density at radius 3 is 2.86 bits per heavy atom. The van der Waals surface area contributed by atoms with Crippen LogP contribution in [-0.2, 0) is 6.42 Å². The van der Waals surface area contributed by atoms with E-state index in [4.69, 9.17) is 4.52 Å². The van der Waals surface area contributed by atoms with Gasteiger partial charge in [-0.3, -0.25) is 4.98 Å². The maximum absolute atomic E-state index is 13.1. The molecule has 0 saturated heterocycles. The molecule has 2 heterocycles. The van der Waals surface area contributed by atoms with Crippen molar-refractivity contribution in [3.63, 3.8) is 0 Å². The fourth-order valence-electron chi connectivity index (χ4n) is 1.93. The van der Waals surface area contributed by atoms with Crippen molar-refractivity contribution < 1.29 is 14.0 Å². The average Bonchev–Trinajstić information content (AvgIpc) is 2.97. The number of aliphatic hydroxyl groups is 1. The second kappa shape index (κ2) is 5.80. The standard InChI is InChI=1S/C15H12FN3O2/c16-11-5-3-4-10(8-11)13(20)9-14-18-15(19-21-14)12-6-1-2-7-17-12/h1-8,13,20H,9H2/t13-/m0/s1. The van der Waals surface area contributed by atoms with Crippen LogP contribution < -0.4 is 0 Å². The van der Waals surface area contributed by atoms with Gasteiger partial charge < -0.3 is 9.63 Å². The van der Waals surface area contributed by atoms with E-state index in [1.54, 1.807) is 30.5 Å². The van der Waals surface area contributed by atoms with E-state index in [-0.39, 0.29) is 12.3 Å². The second-order valence-corrected chi connectivity index (χ2v) is 4.50. The summed E-state index contributed by atoms with van der Waals surface area (Å²) in [4.78, 5) is 8.29. The van der Waals surface area contributed by atoms with Gasteiger partial charge in [-0.1, -0.05) is 23.4 Å². The van der Waals surface area contributed by atoms with Gasteiger partial charge in [-0.05, 0) is 29.8 Å². The summed E-state index contributed by atoms with van der Waals surface area (Å²) in [5, 5.41) is 13.9. The van der Waals surface area contributed by atoms with Gasteiger partial charge in [0.25, 0.3) is 0 Å². The molecule has 2 aromatic heterocycles. The Hall–Kier alpha value is -2.60. The van der Waals surface area contributed by atoms with Gasteiger partial charge in [0.05, 0.1) is 12.5 Å². The summed E-state index contributed by atoms with van der Waals surface area (Å²) in [6.07, 6.45) is 0.841. The molecule has 3 rings (SSSR count). The van der Waals surface area contributed by atoms with Gasteiger partial charge in [-0.2, -0.15) is 4.98 Å². The Morgan fingerprint density at radius 1 is 1.19 bits per heavy atom. The molecule has 0 aliphatic heterocycles. The van der Waals surface area contributed by atoms with Gasteiger partial charge in [0.1, 0.15) is 11.5 Å². The van der Waals surface area contributed by atoms with Gasteiger partial charge >= 0.3 is 0 Å². The molecule has 6 heteroatoms. The highest BCUT2D eigenvalue weighted by Gasteiger charge is 2.15. The molecule has 0 aliphatic rings. The first kappa shape index (κ1) is 13.4. The molecule has 21 heavy (non-hydrogen) atoms. The van der Waals surface area contributed by atoms with Crippen LogP contribution in [0.25, 0.3) is 11.5 Å². The zero-order valence-electron chi connectivity index (χ0n) is 11.0. The number of aromatic nitrogens is 3. The first-order valence-electron chi connectivity index (χ1n) is 6.40. The van der Waals surface area contributed by atoms with Crippen LogP contribution in [0.15, 0.2) is 53.2 Å². The lowest BCUT2D eigenvalue weighted by molar-refractivity contribution is 0.164. The number of pyridine rings is 1. The molecule has 0 unspecified atom stereocenters. The predicted octanol–water partition coefficient (Wildman–Crippen LogP) is 2.55. The van der Waals surface area contributed by atoms with Crippen molar-refractivity contribution in [2.24, 2.45) is 0 Å². The topological polar surface area (TPSA) is 72.0 Å². The minimum absolute atomic E-state index is 0.114. The molecule has 3 aromatic rings. The normalized spacial score (nSPS) is 12.3. The molecule has 1 atom stereocenters. The number of hydrogen-bond donors (Lipinski definition) is 1. The summed E-state index contributed by atoms with van der Waals surface area (Å²) < 4.78 is 18.2. The minimum atomic E-state index is -0.905. The van der Waals surface area contributed by atoms with Gasteiger partial charge in [-0.15, -0.1) is 0 Å². The number of aliphatic hydroxyl groups excluding tert-OH is 1. The highest BCUT2D eigenvalue weighted by Crippen LogP contribution is 2.20. The summed E-state index contributed by atoms with van der Waals surface area (Å²) in [5.41, 5.74) is 1.06. The van der Waals surface area contributed by atoms with E-state index in [1.807, 2.05) is 6.07 Å². The van der Waals surface area contributed by atoms with Crippen LogP contribution in [-0.4, -0.2) is 20.2 Å². The lowest BCUT2D eigenvalue weighted by atomic mass is 10.1. The van der Waals surface area contributed by atoms with E-state index >= 15 is 0 Å². The van der Waals surface area contributed by atoms with Crippen LogP contribution in [0.2, 0.25) is 0 Å². The summed E-state index contributed by atoms with van der Waals surface area (Å²) in [5.74, 6) is 0.232. The largest absolute Gasteiger partial charge is 0.388 e. The summed E-state index contributed by atoms with van der Waals surface area (Å²) in [6.45, 7) is 0. The third kappa shape index (κ3) is 3.11. The smallest absolute Gasteiger partial charge is 0.229 e. The molecule has 0 radical (unpaired) electrons. The van der Waals surface area contributed by atoms with Crippen molar-refractivity contribution in [3.8, 4) is 11.5 Å². The fraction of sp³-hybridized carbons (Fsp3) is 0.133. The molecular formula is C15H12FN3O2. The summed E-state index contributed by atoms with van der Waals surface area (Å²) in [6, 6.07) is 11.2. The van der Waals surface area contributed by atoms with Crippen LogP contribution in [0, 0.1) is 5.82 Å². The molecular weight excluding hydrogens is 273 g/mol. The van der Waals surface area contributed by atoms with Crippen LogP contribution in [0.3, 0.4) is 0 Å². The van der Waals surface area contributed by atoms with Gasteiger partial charge in [0, 0.05) is 6.20 Å². The Morgan fingerprint density at radius 2 is 2.10 bits per heavy atom. The highest BCUT2D eigenvalue weighted by atomic mass is 19.1. The average molecular weight is 285 g/mol. The Bertz CT molecular complexity index is 731. The lowest BCUT2D eigenvalue weighted by Gasteiger charge is -2.07. The Kier molecular flexibility index (Phi) is 3.70. The molecule has 0 amide bonds. The van der Waals surface area contributed by atoms with Crippen molar-refractivity contribution in [1.29, 1.82) is 0 Å². The van der Waals surface area contributed by atoms with E-state index in [0.29, 0.717) is 17.1 Å². The quantitative estimate of drug-likeness (QED) is 0.797. The number of hydrogen-bond acceptors (Lipinski definition) is 5. The molecule has 5 nitrogen and oxygen atoms in total. The Labute approximate surface area is 120 Å². The maximum atomic E-state index is 13.1. The van der Waals surface area contributed by atoms with Crippen molar-refractivity contribution >= 4 is 0 Å². The third-order valence-electron chi connectivity index (χ3n) is 2.96. The van der Waals surface area contributed by atoms with Gasteiger partial charge in [0.2, 0.25) is 11.7 Å². The van der Waals surface area contributed by atoms with Crippen LogP contribution in [0.5, 0.6) is 0 Å². The van der Waals surface area contributed by atoms with E-state index in [1.165, 1.54) is 12.1 Å². The van der Waals surface area contributed by atoms with Crippen molar-refractivity contribution in [2.75, 3.05) is 0 Å². The Balaban J connectivity index is 1.75. The third-order valence-corrected chi connectivity index (χ3v) is 2.96. The zero-order valence-corrected chi connectivity index (χ0v) is 11.0. The number of rotatable bonds is 4. The van der Waals surface area contributed by atoms with E-state index in [9.17, 15) is 9.50 Å². The molecule has 1 aromatic carbocycles. The number of benzene rings is 1. The molecule has 0 spiro atoms. The van der Waals surface area contributed by atoms with E-state index in [0.717, 1.165) is 0 Å². The van der Waals surface area contributed by atoms with Crippen molar-refractivity contribution in [1.82, 2.24) is 15.1 Å². The number of halogens is 1. The first-order valence-corrected chi connectivity index (χ1v) is 6.40. The minimum Gasteiger partial charge on any atom is -0.388 e. The highest BCUT2D eigenvalue weighted by molar-refractivity contribution is 5.47. The SMILES string of the molecule is O[C@@H](Cc1nc(-c2ccccn2)no1)c1cccc(F)c1. The van der Waals surface area contributed by atoms with E-state index in [2.05, 4.69) is 15.1 Å². The van der Waals surface area contributed by atoms with Crippen molar-refractivity contribution in [3.05, 3.63) is 65.9 Å². The van der Waals surface area contributed by atoms with Crippen LogP contribution in [0.1, 0.15) is 17.6 Å². The molecule has 0 aliphatic carbocycles. The van der Waals surface area contributed by atoms with Crippen LogP contribution in [0.4, 0.5) is 4.39 Å². The predicted molar refractivity (Wildman–Crippen MR) is 72.6 cm³/mol. The van der Waals surface area contributed by atoms with Crippen LogP contribution >= 0.6 is 0 Å². The lowest BCUT2D eigenvalue weighted by Crippen LogP contribution is -2.02. The monoisotopic (exact) mass is 285 g/mol. The van der Waals surface area contributed by atoms with Crippen molar-refractivity contribution in [2.45, 2.75) is 12.5 Å². The molecule has 0 fully saturated rings. The van der Waals surface area contributed by atoms with E-state index < -0.39 is 11.9 Å². The van der Waals surface area contributed by atoms with Gasteiger partial charge in [0.15, 0.2) is 0 Å². The molecule has 1 N–H and O–H groups in total. The zero-order chi connectivity index (χ0) is 14.7. The first-order chi connectivity index (χ1) is 10.2. The molecule has 0 bridgehead atoms. The van der Waals surface area contributed by atoms with Gasteiger partial charge in [-0.25, -0.2) is 4.39 Å². The molecule has 0 saturated carbocycles. The molecule has 106 valence electrons. The maximum Gasteiger partial charge on any atom is 0.229 e. The summed E-state index contributed by atoms with van der Waals surface area (Å²) >= 11 is 0. The summed E-state index contributed by atoms with van der Waals surface area (Å²) in [7, 11) is 0. The second-order valence-electron chi connectivity index (χ2n) is 4.50. The number of nitrogens with zero attached hydrogens (tertiary/aromatic N) is 3.